The van der Waals surface area contributed by atoms with Gasteiger partial charge in [-0.3, -0.25) is 14.5 Å². The molecule has 0 atom stereocenters. The zero-order valence-electron chi connectivity index (χ0n) is 15.7. The minimum Gasteiger partial charge on any atom is -0.506 e. The van der Waals surface area contributed by atoms with E-state index in [-0.39, 0.29) is 39.9 Å². The Kier molecular flexibility index (Phi) is 3.97. The Morgan fingerprint density at radius 3 is 2.17 bits per heavy atom. The summed E-state index contributed by atoms with van der Waals surface area (Å²) in [4.78, 5) is 31.6. The number of H-pyrrole nitrogens is 1. The number of aromatic amines is 1. The molecule has 2 aromatic carbocycles. The molecule has 1 fully saturated rings. The summed E-state index contributed by atoms with van der Waals surface area (Å²) in [5, 5.41) is 22.2. The normalized spacial score (nSPS) is 17.6. The molecule has 0 saturated carbocycles. The number of nitrogens with one attached hydrogen (secondary N) is 1. The van der Waals surface area contributed by atoms with Gasteiger partial charge in [-0.15, -0.1) is 0 Å². The molecule has 1 aliphatic heterocycles. The third-order valence-electron chi connectivity index (χ3n) is 6.06. The molecule has 148 valence electrons. The molecule has 1 saturated heterocycles. The summed E-state index contributed by atoms with van der Waals surface area (Å²) in [6.45, 7) is 2.18. The number of ketones is 2. The summed E-state index contributed by atoms with van der Waals surface area (Å²) in [7, 11) is 0. The van der Waals surface area contributed by atoms with Crippen molar-refractivity contribution in [2.24, 2.45) is 5.73 Å². The second-order valence-electron chi connectivity index (χ2n) is 7.83. The molecule has 0 bridgehead atoms. The number of fused-ring (bicyclic) bond motifs is 3. The molecule has 0 unspecified atom stereocenters. The van der Waals surface area contributed by atoms with E-state index in [9.17, 15) is 19.8 Å². The molecule has 7 nitrogen and oxygen atoms in total. The van der Waals surface area contributed by atoms with Crippen LogP contribution in [0.2, 0.25) is 0 Å². The van der Waals surface area contributed by atoms with Gasteiger partial charge >= 0.3 is 0 Å². The minimum absolute atomic E-state index is 0.125. The highest BCUT2D eigenvalue weighted by Crippen LogP contribution is 2.44. The molecule has 3 aromatic rings. The van der Waals surface area contributed by atoms with Gasteiger partial charge in [-0.1, -0.05) is 24.3 Å². The maximum Gasteiger partial charge on any atom is 0.214 e. The molecular formula is C22H21N3O4. The first-order chi connectivity index (χ1) is 14.0. The molecule has 2 aliphatic rings. The van der Waals surface area contributed by atoms with Crippen LogP contribution in [-0.2, 0) is 6.54 Å². The van der Waals surface area contributed by atoms with Crippen molar-refractivity contribution < 1.29 is 19.8 Å². The molecule has 1 aromatic heterocycles. The lowest BCUT2D eigenvalue weighted by Gasteiger charge is -2.30. The summed E-state index contributed by atoms with van der Waals surface area (Å²) in [6.07, 6.45) is 3.46. The SMILES string of the molecule is NC1CCN(Cc2c[nH]c3c2C(=O)c2c(c(O)c4ccccc4c2O)C3=O)CC1. The lowest BCUT2D eigenvalue weighted by Crippen LogP contribution is -2.39. The minimum atomic E-state index is -0.486. The van der Waals surface area contributed by atoms with E-state index in [1.165, 1.54) is 0 Å². The second-order valence-corrected chi connectivity index (χ2v) is 7.83. The number of piperidine rings is 1. The van der Waals surface area contributed by atoms with Gasteiger partial charge in [-0.2, -0.15) is 0 Å². The van der Waals surface area contributed by atoms with E-state index in [0.717, 1.165) is 25.9 Å². The maximum atomic E-state index is 13.4. The quantitative estimate of drug-likeness (QED) is 0.389. The van der Waals surface area contributed by atoms with Crippen LogP contribution in [0, 0.1) is 0 Å². The summed E-state index contributed by atoms with van der Waals surface area (Å²) >= 11 is 0. The van der Waals surface area contributed by atoms with Crippen molar-refractivity contribution in [2.45, 2.75) is 25.4 Å². The van der Waals surface area contributed by atoms with Crippen molar-refractivity contribution in [3.63, 3.8) is 0 Å². The van der Waals surface area contributed by atoms with Crippen LogP contribution >= 0.6 is 0 Å². The molecule has 5 rings (SSSR count). The van der Waals surface area contributed by atoms with Gasteiger partial charge in [0.2, 0.25) is 5.78 Å². The number of nitrogens with zero attached hydrogens (tertiary/aromatic N) is 1. The lowest BCUT2D eigenvalue weighted by atomic mass is 9.83. The van der Waals surface area contributed by atoms with Gasteiger partial charge < -0.3 is 20.9 Å². The van der Waals surface area contributed by atoms with Crippen LogP contribution in [0.25, 0.3) is 10.8 Å². The number of aromatic nitrogens is 1. The zero-order valence-corrected chi connectivity index (χ0v) is 15.7. The van der Waals surface area contributed by atoms with Gasteiger partial charge in [-0.25, -0.2) is 0 Å². The van der Waals surface area contributed by atoms with Gasteiger partial charge in [0.15, 0.2) is 5.78 Å². The van der Waals surface area contributed by atoms with E-state index in [1.807, 2.05) is 0 Å². The summed E-state index contributed by atoms with van der Waals surface area (Å²) < 4.78 is 0. The Morgan fingerprint density at radius 2 is 1.55 bits per heavy atom. The number of benzene rings is 2. The van der Waals surface area contributed by atoms with Crippen LogP contribution in [0.4, 0.5) is 0 Å². The fourth-order valence-electron chi connectivity index (χ4n) is 4.47. The third kappa shape index (κ3) is 2.58. The van der Waals surface area contributed by atoms with E-state index in [0.29, 0.717) is 22.9 Å². The van der Waals surface area contributed by atoms with Crippen molar-refractivity contribution in [1.29, 1.82) is 0 Å². The number of aromatic hydroxyl groups is 2. The number of carbonyl (C=O) groups is 2. The van der Waals surface area contributed by atoms with Gasteiger partial charge in [0.1, 0.15) is 11.5 Å². The number of carbonyl (C=O) groups excluding carboxylic acids is 2. The second kappa shape index (κ2) is 6.43. The number of likely N-dealkylation sites (tertiary alicyclic amines) is 1. The fourth-order valence-corrected chi connectivity index (χ4v) is 4.47. The van der Waals surface area contributed by atoms with Gasteiger partial charge in [0.25, 0.3) is 0 Å². The van der Waals surface area contributed by atoms with Crippen molar-refractivity contribution in [3.05, 3.63) is 58.4 Å². The Balaban J connectivity index is 1.62. The predicted octanol–water partition coefficient (Wildman–Crippen LogP) is 2.28. The average Bonchev–Trinajstić information content (AvgIpc) is 3.15. The Bertz CT molecular complexity index is 1170. The van der Waals surface area contributed by atoms with Crippen LogP contribution in [-0.4, -0.2) is 50.8 Å². The van der Waals surface area contributed by atoms with Crippen molar-refractivity contribution in [2.75, 3.05) is 13.1 Å². The highest BCUT2D eigenvalue weighted by molar-refractivity contribution is 6.32. The molecule has 0 amide bonds. The standard InChI is InChI=1S/C22H21N3O4/c23-12-5-7-25(8-6-12)10-11-9-24-18-15(11)21(28)16-17(22(18)29)20(27)14-4-2-1-3-13(14)19(16)26/h1-4,9,12,24,26-27H,5-8,10,23H2. The lowest BCUT2D eigenvalue weighted by molar-refractivity contribution is 0.0971. The molecule has 2 heterocycles. The average molecular weight is 391 g/mol. The third-order valence-corrected chi connectivity index (χ3v) is 6.06. The van der Waals surface area contributed by atoms with Crippen molar-refractivity contribution in [3.8, 4) is 11.5 Å². The largest absolute Gasteiger partial charge is 0.506 e. The number of phenolic OH excluding ortho intramolecular Hbond substituents is 2. The van der Waals surface area contributed by atoms with Gasteiger partial charge in [0, 0.05) is 29.6 Å². The molecular weight excluding hydrogens is 370 g/mol. The molecule has 5 N–H and O–H groups in total. The van der Waals surface area contributed by atoms with Crippen LogP contribution in [0.5, 0.6) is 11.5 Å². The van der Waals surface area contributed by atoms with E-state index < -0.39 is 11.6 Å². The Labute approximate surface area is 166 Å². The number of hydrogen-bond donors (Lipinski definition) is 4. The number of nitrogens with two attached hydrogens (primary N) is 1. The Hall–Kier alpha value is -3.16. The molecule has 0 radical (unpaired) electrons. The summed E-state index contributed by atoms with van der Waals surface area (Å²) in [5.74, 6) is -1.48. The zero-order chi connectivity index (χ0) is 20.3. The summed E-state index contributed by atoms with van der Waals surface area (Å²) in [5.41, 5.74) is 6.86. The predicted molar refractivity (Wildman–Crippen MR) is 107 cm³/mol. The molecule has 7 heteroatoms. The fraction of sp³-hybridized carbons (Fsp3) is 0.273. The van der Waals surface area contributed by atoms with Crippen LogP contribution in [0.1, 0.15) is 50.4 Å². The van der Waals surface area contributed by atoms with Crippen molar-refractivity contribution in [1.82, 2.24) is 9.88 Å². The smallest absolute Gasteiger partial charge is 0.214 e. The first kappa shape index (κ1) is 17.9. The topological polar surface area (TPSA) is 120 Å². The monoisotopic (exact) mass is 391 g/mol. The first-order valence-electron chi connectivity index (χ1n) is 9.71. The highest BCUT2D eigenvalue weighted by atomic mass is 16.3. The molecule has 29 heavy (non-hydrogen) atoms. The van der Waals surface area contributed by atoms with Crippen LogP contribution in [0.3, 0.4) is 0 Å². The van der Waals surface area contributed by atoms with E-state index in [1.54, 1.807) is 30.5 Å². The number of rotatable bonds is 2. The highest BCUT2D eigenvalue weighted by Gasteiger charge is 2.39. The first-order valence-corrected chi connectivity index (χ1v) is 9.71. The Morgan fingerprint density at radius 1 is 0.966 bits per heavy atom. The van der Waals surface area contributed by atoms with Gasteiger partial charge in [-0.05, 0) is 31.5 Å². The van der Waals surface area contributed by atoms with E-state index >= 15 is 0 Å². The maximum absolute atomic E-state index is 13.4. The number of phenols is 2. The van der Waals surface area contributed by atoms with E-state index in [4.69, 9.17) is 5.73 Å². The van der Waals surface area contributed by atoms with Gasteiger partial charge in [0.05, 0.1) is 22.4 Å². The van der Waals surface area contributed by atoms with Crippen LogP contribution in [0.15, 0.2) is 30.5 Å². The molecule has 0 spiro atoms. The van der Waals surface area contributed by atoms with E-state index in [2.05, 4.69) is 9.88 Å². The summed E-state index contributed by atoms with van der Waals surface area (Å²) in [6, 6.07) is 6.84. The number of hydrogen-bond acceptors (Lipinski definition) is 6. The molecule has 1 aliphatic carbocycles. The van der Waals surface area contributed by atoms with Crippen LogP contribution < -0.4 is 5.73 Å². The van der Waals surface area contributed by atoms with Crippen molar-refractivity contribution >= 4 is 22.3 Å².